The number of hydrogen-bond acceptors (Lipinski definition) is 7. The maximum absolute atomic E-state index is 13.1. The van der Waals surface area contributed by atoms with Crippen LogP contribution in [-0.4, -0.2) is 42.7 Å². The second-order valence-electron chi connectivity index (χ2n) is 7.74. The molecular weight excluding hydrogens is 470 g/mol. The molecule has 5 rings (SSSR count). The second-order valence-corrected chi connectivity index (χ2v) is 9.42. The molecule has 3 N–H and O–H groups in total. The van der Waals surface area contributed by atoms with E-state index in [4.69, 9.17) is 9.47 Å². The number of amides is 1. The topological polar surface area (TPSA) is 135 Å². The normalized spacial score (nSPS) is 12.7. The average molecular weight is 492 g/mol. The standard InChI is InChI=1S/C24H21N5O5S/c1-15-25-23(28-27-15)16-5-4-6-17(13-16)26-24(30)19-7-2-3-8-20(19)29-35(31,32)18-9-10-21-22(14-18)34-12-11-33-21/h2-10,13-14,29H,11-12H2,1H3,(H,26,30)(H,25,27,28). The Labute approximate surface area is 201 Å². The number of nitrogens with zero attached hydrogens (tertiary/aromatic N) is 2. The highest BCUT2D eigenvalue weighted by Gasteiger charge is 2.22. The molecule has 10 nitrogen and oxygen atoms in total. The molecule has 11 heteroatoms. The van der Waals surface area contributed by atoms with E-state index in [1.807, 2.05) is 6.07 Å². The number of para-hydroxylation sites is 1. The number of benzene rings is 3. The van der Waals surface area contributed by atoms with E-state index in [1.165, 1.54) is 18.2 Å². The molecule has 0 saturated carbocycles. The van der Waals surface area contributed by atoms with Crippen molar-refractivity contribution >= 4 is 27.3 Å². The first-order valence-electron chi connectivity index (χ1n) is 10.7. The molecule has 4 aromatic rings. The first-order valence-corrected chi connectivity index (χ1v) is 12.2. The van der Waals surface area contributed by atoms with Gasteiger partial charge in [0.1, 0.15) is 19.0 Å². The lowest BCUT2D eigenvalue weighted by atomic mass is 10.1. The molecule has 3 aromatic carbocycles. The van der Waals surface area contributed by atoms with Gasteiger partial charge in [0.15, 0.2) is 17.3 Å². The van der Waals surface area contributed by atoms with Crippen LogP contribution in [0.15, 0.2) is 71.6 Å². The van der Waals surface area contributed by atoms with Gasteiger partial charge >= 0.3 is 0 Å². The van der Waals surface area contributed by atoms with Crippen LogP contribution in [0.1, 0.15) is 16.2 Å². The third-order valence-corrected chi connectivity index (χ3v) is 6.58. The van der Waals surface area contributed by atoms with Gasteiger partial charge in [0.2, 0.25) is 0 Å². The zero-order valence-electron chi connectivity index (χ0n) is 18.6. The second kappa shape index (κ2) is 9.11. The number of aryl methyl sites for hydroxylation is 1. The number of carbonyl (C=O) groups excluding carboxylic acids is 1. The van der Waals surface area contributed by atoms with Crippen LogP contribution in [-0.2, 0) is 10.0 Å². The number of H-pyrrole nitrogens is 1. The Bertz CT molecular complexity index is 1520. The molecule has 1 aromatic heterocycles. The Morgan fingerprint density at radius 2 is 1.77 bits per heavy atom. The summed E-state index contributed by atoms with van der Waals surface area (Å²) in [6.07, 6.45) is 0. The van der Waals surface area contributed by atoms with Gasteiger partial charge in [-0.2, -0.15) is 5.10 Å². The number of carbonyl (C=O) groups is 1. The van der Waals surface area contributed by atoms with E-state index in [2.05, 4.69) is 25.2 Å². The number of aromatic nitrogens is 3. The zero-order valence-corrected chi connectivity index (χ0v) is 19.4. The van der Waals surface area contributed by atoms with Crippen molar-refractivity contribution in [3.8, 4) is 22.9 Å². The summed E-state index contributed by atoms with van der Waals surface area (Å²) in [6, 6.07) is 17.8. The summed E-state index contributed by atoms with van der Waals surface area (Å²) in [5.41, 5.74) is 1.53. The molecule has 35 heavy (non-hydrogen) atoms. The Hall–Kier alpha value is -4.38. The summed E-state index contributed by atoms with van der Waals surface area (Å²) in [4.78, 5) is 17.4. The summed E-state index contributed by atoms with van der Waals surface area (Å²) < 4.78 is 39.6. The fourth-order valence-corrected chi connectivity index (χ4v) is 4.67. The molecule has 1 aliphatic rings. The molecule has 0 saturated heterocycles. The van der Waals surface area contributed by atoms with Crippen LogP contribution in [0, 0.1) is 6.92 Å². The summed E-state index contributed by atoms with van der Waals surface area (Å²) in [5, 5.41) is 9.72. The van der Waals surface area contributed by atoms with Gasteiger partial charge in [-0.05, 0) is 43.3 Å². The van der Waals surface area contributed by atoms with Crippen LogP contribution >= 0.6 is 0 Å². The van der Waals surface area contributed by atoms with Crippen LogP contribution < -0.4 is 19.5 Å². The number of sulfonamides is 1. The average Bonchev–Trinajstić information content (AvgIpc) is 3.30. The van der Waals surface area contributed by atoms with Crippen molar-refractivity contribution in [2.24, 2.45) is 0 Å². The lowest BCUT2D eigenvalue weighted by Crippen LogP contribution is -2.19. The van der Waals surface area contributed by atoms with Crippen molar-refractivity contribution in [3.05, 3.63) is 78.1 Å². The largest absolute Gasteiger partial charge is 0.486 e. The Kier molecular flexibility index (Phi) is 5.83. The lowest BCUT2D eigenvalue weighted by Gasteiger charge is -2.19. The van der Waals surface area contributed by atoms with Gasteiger partial charge in [-0.25, -0.2) is 13.4 Å². The Morgan fingerprint density at radius 3 is 2.57 bits per heavy atom. The highest BCUT2D eigenvalue weighted by atomic mass is 32.2. The number of ether oxygens (including phenoxy) is 2. The van der Waals surface area contributed by atoms with E-state index < -0.39 is 15.9 Å². The van der Waals surface area contributed by atoms with Gasteiger partial charge in [0.25, 0.3) is 15.9 Å². The molecule has 1 aliphatic heterocycles. The predicted molar refractivity (Wildman–Crippen MR) is 129 cm³/mol. The van der Waals surface area contributed by atoms with Crippen molar-refractivity contribution in [2.45, 2.75) is 11.8 Å². The number of hydrogen-bond donors (Lipinski definition) is 3. The third kappa shape index (κ3) is 4.80. The van der Waals surface area contributed by atoms with Gasteiger partial charge in [0.05, 0.1) is 16.1 Å². The van der Waals surface area contributed by atoms with Crippen LogP contribution in [0.3, 0.4) is 0 Å². The van der Waals surface area contributed by atoms with E-state index in [0.717, 1.165) is 5.56 Å². The fraction of sp³-hybridized carbons (Fsp3) is 0.125. The molecule has 178 valence electrons. The molecule has 0 atom stereocenters. The molecular formula is C24H21N5O5S. The van der Waals surface area contributed by atoms with Crippen LogP contribution in [0.5, 0.6) is 11.5 Å². The summed E-state index contributed by atoms with van der Waals surface area (Å²) in [5.74, 6) is 1.54. The molecule has 2 heterocycles. The van der Waals surface area contributed by atoms with E-state index in [0.29, 0.717) is 42.0 Å². The molecule has 1 amide bonds. The summed E-state index contributed by atoms with van der Waals surface area (Å²) in [7, 11) is -4.00. The smallest absolute Gasteiger partial charge is 0.262 e. The van der Waals surface area contributed by atoms with Crippen molar-refractivity contribution in [2.75, 3.05) is 23.3 Å². The van der Waals surface area contributed by atoms with E-state index >= 15 is 0 Å². The number of nitrogens with one attached hydrogen (secondary N) is 3. The highest BCUT2D eigenvalue weighted by molar-refractivity contribution is 7.92. The molecule has 0 bridgehead atoms. The number of anilines is 2. The minimum Gasteiger partial charge on any atom is -0.486 e. The number of fused-ring (bicyclic) bond motifs is 1. The van der Waals surface area contributed by atoms with Gasteiger partial charge in [0, 0.05) is 17.3 Å². The van der Waals surface area contributed by atoms with Crippen molar-refractivity contribution in [1.82, 2.24) is 15.2 Å². The fourth-order valence-electron chi connectivity index (χ4n) is 3.57. The van der Waals surface area contributed by atoms with Gasteiger partial charge in [-0.1, -0.05) is 24.3 Å². The zero-order chi connectivity index (χ0) is 24.4. The summed E-state index contributed by atoms with van der Waals surface area (Å²) >= 11 is 0. The van der Waals surface area contributed by atoms with E-state index in [-0.39, 0.29) is 16.1 Å². The van der Waals surface area contributed by atoms with Crippen molar-refractivity contribution < 1.29 is 22.7 Å². The van der Waals surface area contributed by atoms with Crippen molar-refractivity contribution in [1.29, 1.82) is 0 Å². The quantitative estimate of drug-likeness (QED) is 0.375. The first-order chi connectivity index (χ1) is 16.9. The number of aromatic amines is 1. The molecule has 0 unspecified atom stereocenters. The Balaban J connectivity index is 1.38. The monoisotopic (exact) mass is 491 g/mol. The van der Waals surface area contributed by atoms with Gasteiger partial charge in [-0.3, -0.25) is 14.6 Å². The van der Waals surface area contributed by atoms with Crippen LogP contribution in [0.25, 0.3) is 11.4 Å². The maximum atomic E-state index is 13.1. The number of rotatable bonds is 6. The third-order valence-electron chi connectivity index (χ3n) is 5.22. The molecule has 0 aliphatic carbocycles. The minimum absolute atomic E-state index is 0.00791. The molecule has 0 fully saturated rings. The Morgan fingerprint density at radius 1 is 0.971 bits per heavy atom. The van der Waals surface area contributed by atoms with Crippen LogP contribution in [0.2, 0.25) is 0 Å². The van der Waals surface area contributed by atoms with Crippen molar-refractivity contribution in [3.63, 3.8) is 0 Å². The first kappa shape index (κ1) is 22.4. The summed E-state index contributed by atoms with van der Waals surface area (Å²) in [6.45, 7) is 2.54. The SMILES string of the molecule is Cc1nc(-c2cccc(NC(=O)c3ccccc3NS(=O)(=O)c3ccc4c(c3)OCCO4)c2)n[nH]1. The minimum atomic E-state index is -4.00. The van der Waals surface area contributed by atoms with Crippen LogP contribution in [0.4, 0.5) is 11.4 Å². The maximum Gasteiger partial charge on any atom is 0.262 e. The predicted octanol–water partition coefficient (Wildman–Crippen LogP) is 3.60. The molecule has 0 spiro atoms. The van der Waals surface area contributed by atoms with Gasteiger partial charge < -0.3 is 14.8 Å². The van der Waals surface area contributed by atoms with Gasteiger partial charge in [-0.15, -0.1) is 0 Å². The van der Waals surface area contributed by atoms with E-state index in [1.54, 1.807) is 49.4 Å². The molecule has 0 radical (unpaired) electrons. The van der Waals surface area contributed by atoms with E-state index in [9.17, 15) is 13.2 Å². The lowest BCUT2D eigenvalue weighted by molar-refractivity contribution is 0.102. The highest BCUT2D eigenvalue weighted by Crippen LogP contribution is 2.33.